The summed E-state index contributed by atoms with van der Waals surface area (Å²) in [6.07, 6.45) is 7.08. The molecule has 3 aromatic rings. The van der Waals surface area contributed by atoms with Gasteiger partial charge in [0.2, 0.25) is 0 Å². The highest BCUT2D eigenvalue weighted by Crippen LogP contribution is 2.44. The molecule has 0 bridgehead atoms. The van der Waals surface area contributed by atoms with E-state index >= 15 is 0 Å². The van der Waals surface area contributed by atoms with Gasteiger partial charge in [0, 0.05) is 5.92 Å². The van der Waals surface area contributed by atoms with Crippen LogP contribution in [0.3, 0.4) is 0 Å². The minimum Gasteiger partial charge on any atom is -0.494 e. The van der Waals surface area contributed by atoms with Gasteiger partial charge in [0.1, 0.15) is 5.75 Å². The van der Waals surface area contributed by atoms with Gasteiger partial charge in [-0.15, -0.1) is 0 Å². The summed E-state index contributed by atoms with van der Waals surface area (Å²) in [6, 6.07) is 26.9. The fourth-order valence-electron chi connectivity index (χ4n) is 6.10. The van der Waals surface area contributed by atoms with Crippen LogP contribution in [0.2, 0.25) is 0 Å². The summed E-state index contributed by atoms with van der Waals surface area (Å²) in [5, 5.41) is 12.6. The van der Waals surface area contributed by atoms with Crippen LogP contribution in [0.1, 0.15) is 77.2 Å². The van der Waals surface area contributed by atoms with Gasteiger partial charge in [0.05, 0.1) is 41.2 Å². The predicted molar refractivity (Wildman–Crippen MR) is 174 cm³/mol. The standard InChI is InChI=1S/C36H42N4O3/c1-4-7-8-9-16-25-43-29-23-21-26(22-24-29)32(33-30(5-2)37-39(35(33)41)27-17-12-10-13-18-27)34-31(6-3)38-40(36(34)42)28-19-14-11-15-20-28/h10-15,17-24,32-34H,4-9,16,25H2,1-3H3. The topological polar surface area (TPSA) is 74.6 Å². The molecule has 43 heavy (non-hydrogen) atoms. The SMILES string of the molecule is CCCCCCCOc1ccc(C(C2C(=O)N(c3ccccc3)N=C2CC)C2C(=O)N(c3ccccc3)N=C2CC)cc1. The number of hydrogen-bond donors (Lipinski definition) is 0. The van der Waals surface area contributed by atoms with Crippen LogP contribution in [0.25, 0.3) is 0 Å². The van der Waals surface area contributed by atoms with E-state index in [9.17, 15) is 9.59 Å². The molecule has 2 atom stereocenters. The van der Waals surface area contributed by atoms with Crippen LogP contribution < -0.4 is 14.8 Å². The van der Waals surface area contributed by atoms with Crippen LogP contribution in [0.15, 0.2) is 95.1 Å². The lowest BCUT2D eigenvalue weighted by Gasteiger charge is -2.29. The first-order chi connectivity index (χ1) is 21.1. The lowest BCUT2D eigenvalue weighted by molar-refractivity contribution is -0.122. The summed E-state index contributed by atoms with van der Waals surface area (Å²) in [5.41, 5.74) is 3.88. The van der Waals surface area contributed by atoms with Gasteiger partial charge < -0.3 is 4.74 Å². The molecule has 0 fully saturated rings. The van der Waals surface area contributed by atoms with Gasteiger partial charge in [0.15, 0.2) is 0 Å². The van der Waals surface area contributed by atoms with Crippen molar-refractivity contribution in [2.75, 3.05) is 16.6 Å². The maximum Gasteiger partial charge on any atom is 0.256 e. The molecule has 0 N–H and O–H groups in total. The number of rotatable bonds is 14. The van der Waals surface area contributed by atoms with Crippen LogP contribution in [-0.4, -0.2) is 29.8 Å². The normalized spacial score (nSPS) is 19.0. The van der Waals surface area contributed by atoms with Crippen molar-refractivity contribution in [3.63, 3.8) is 0 Å². The Labute approximate surface area is 255 Å². The van der Waals surface area contributed by atoms with Crippen molar-refractivity contribution in [2.45, 2.75) is 71.6 Å². The number of carbonyl (C=O) groups is 2. The fraction of sp³-hybridized carbons (Fsp3) is 0.389. The van der Waals surface area contributed by atoms with Gasteiger partial charge in [-0.2, -0.15) is 10.2 Å². The van der Waals surface area contributed by atoms with Crippen molar-refractivity contribution in [1.82, 2.24) is 0 Å². The number of anilines is 2. The highest BCUT2D eigenvalue weighted by Gasteiger charge is 2.51. The van der Waals surface area contributed by atoms with E-state index in [0.29, 0.717) is 19.4 Å². The Hall–Kier alpha value is -4.26. The third-order valence-electron chi connectivity index (χ3n) is 8.35. The van der Waals surface area contributed by atoms with Crippen LogP contribution >= 0.6 is 0 Å². The van der Waals surface area contributed by atoms with Crippen LogP contribution in [0.5, 0.6) is 5.75 Å². The number of ether oxygens (including phenoxy) is 1. The number of hydrazone groups is 2. The quantitative estimate of drug-likeness (QED) is 0.182. The molecule has 0 spiro atoms. The zero-order valence-electron chi connectivity index (χ0n) is 25.5. The average molecular weight is 579 g/mol. The summed E-state index contributed by atoms with van der Waals surface area (Å²) in [4.78, 5) is 28.5. The molecule has 2 heterocycles. The number of para-hydroxylation sites is 2. The maximum absolute atomic E-state index is 14.2. The molecule has 5 rings (SSSR count). The third kappa shape index (κ3) is 6.56. The monoisotopic (exact) mass is 578 g/mol. The van der Waals surface area contributed by atoms with Crippen LogP contribution in [0.4, 0.5) is 11.4 Å². The van der Waals surface area contributed by atoms with Crippen molar-refractivity contribution in [3.05, 3.63) is 90.5 Å². The highest BCUT2D eigenvalue weighted by molar-refractivity contribution is 6.20. The Kier molecular flexibility index (Phi) is 10.0. The van der Waals surface area contributed by atoms with Gasteiger partial charge in [-0.25, -0.2) is 10.0 Å². The Morgan fingerprint density at radius 1 is 0.651 bits per heavy atom. The zero-order valence-corrected chi connectivity index (χ0v) is 25.5. The molecule has 3 aromatic carbocycles. The zero-order chi connectivity index (χ0) is 30.2. The minimum atomic E-state index is -0.600. The average Bonchev–Trinajstić information content (AvgIpc) is 3.56. The molecular weight excluding hydrogens is 536 g/mol. The van der Waals surface area contributed by atoms with Crippen molar-refractivity contribution in [3.8, 4) is 5.75 Å². The van der Waals surface area contributed by atoms with E-state index in [1.807, 2.05) is 98.8 Å². The molecule has 0 saturated heterocycles. The number of unbranched alkanes of at least 4 members (excludes halogenated alkanes) is 4. The van der Waals surface area contributed by atoms with E-state index in [4.69, 9.17) is 14.9 Å². The van der Waals surface area contributed by atoms with E-state index in [1.165, 1.54) is 29.3 Å². The number of carbonyl (C=O) groups excluding carboxylic acids is 2. The van der Waals surface area contributed by atoms with Gasteiger partial charge in [-0.1, -0.05) is 95.0 Å². The predicted octanol–water partition coefficient (Wildman–Crippen LogP) is 7.98. The molecule has 2 aliphatic rings. The van der Waals surface area contributed by atoms with Gasteiger partial charge in [-0.05, 0) is 61.2 Å². The van der Waals surface area contributed by atoms with Gasteiger partial charge in [-0.3, -0.25) is 9.59 Å². The first kappa shape index (κ1) is 30.2. The minimum absolute atomic E-state index is 0.123. The molecule has 7 heteroatoms. The van der Waals surface area contributed by atoms with Gasteiger partial charge in [0.25, 0.3) is 11.8 Å². The first-order valence-electron chi connectivity index (χ1n) is 15.7. The Bertz CT molecular complexity index is 1350. The third-order valence-corrected chi connectivity index (χ3v) is 8.35. The summed E-state index contributed by atoms with van der Waals surface area (Å²) in [5.74, 6) is -1.13. The van der Waals surface area contributed by atoms with E-state index in [-0.39, 0.29) is 11.8 Å². The summed E-state index contributed by atoms with van der Waals surface area (Å²) in [7, 11) is 0. The van der Waals surface area contributed by atoms with E-state index in [0.717, 1.165) is 47.0 Å². The van der Waals surface area contributed by atoms with Crippen molar-refractivity contribution < 1.29 is 14.3 Å². The molecule has 2 unspecified atom stereocenters. The number of amides is 2. The molecule has 0 saturated carbocycles. The molecule has 224 valence electrons. The largest absolute Gasteiger partial charge is 0.494 e. The highest BCUT2D eigenvalue weighted by atomic mass is 16.5. The van der Waals surface area contributed by atoms with E-state index < -0.39 is 17.8 Å². The molecular formula is C36H42N4O3. The second-order valence-electron chi connectivity index (χ2n) is 11.2. The molecule has 0 aliphatic carbocycles. The van der Waals surface area contributed by atoms with E-state index in [2.05, 4.69) is 6.92 Å². The Morgan fingerprint density at radius 3 is 1.60 bits per heavy atom. The lowest BCUT2D eigenvalue weighted by Crippen LogP contribution is -2.40. The van der Waals surface area contributed by atoms with Crippen molar-refractivity contribution >= 4 is 34.6 Å². The molecule has 0 radical (unpaired) electrons. The Balaban J connectivity index is 1.48. The molecule has 2 aliphatic heterocycles. The number of nitrogens with zero attached hydrogens (tertiary/aromatic N) is 4. The van der Waals surface area contributed by atoms with E-state index in [1.54, 1.807) is 0 Å². The lowest BCUT2D eigenvalue weighted by atomic mass is 9.71. The second kappa shape index (κ2) is 14.3. The summed E-state index contributed by atoms with van der Waals surface area (Å²) < 4.78 is 6.05. The summed E-state index contributed by atoms with van der Waals surface area (Å²) in [6.45, 7) is 6.92. The molecule has 2 amide bonds. The van der Waals surface area contributed by atoms with Crippen LogP contribution in [0, 0.1) is 11.8 Å². The fourth-order valence-corrected chi connectivity index (χ4v) is 6.10. The van der Waals surface area contributed by atoms with Crippen molar-refractivity contribution in [2.24, 2.45) is 22.0 Å². The second-order valence-corrected chi connectivity index (χ2v) is 11.2. The molecule has 7 nitrogen and oxygen atoms in total. The van der Waals surface area contributed by atoms with Crippen LogP contribution in [-0.2, 0) is 9.59 Å². The molecule has 0 aromatic heterocycles. The van der Waals surface area contributed by atoms with Crippen molar-refractivity contribution in [1.29, 1.82) is 0 Å². The number of hydrogen-bond acceptors (Lipinski definition) is 5. The first-order valence-corrected chi connectivity index (χ1v) is 15.7. The summed E-state index contributed by atoms with van der Waals surface area (Å²) >= 11 is 0. The smallest absolute Gasteiger partial charge is 0.256 e. The number of benzene rings is 3. The Morgan fingerprint density at radius 2 is 1.14 bits per heavy atom. The maximum atomic E-state index is 14.2. The van der Waals surface area contributed by atoms with Gasteiger partial charge >= 0.3 is 0 Å².